The molecule has 2 N–H and O–H groups in total. The molecule has 1 heterocycles. The van der Waals surface area contributed by atoms with E-state index in [1.165, 1.54) is 0 Å². The van der Waals surface area contributed by atoms with E-state index in [1.54, 1.807) is 28.6 Å². The highest BCUT2D eigenvalue weighted by Crippen LogP contribution is 2.26. The minimum atomic E-state index is -3.27. The van der Waals surface area contributed by atoms with Crippen molar-refractivity contribution in [1.29, 1.82) is 0 Å². The van der Waals surface area contributed by atoms with Crippen LogP contribution in [0.4, 0.5) is 0 Å². The number of nitrogens with two attached hydrogens (primary N) is 1. The molecule has 1 fully saturated rings. The summed E-state index contributed by atoms with van der Waals surface area (Å²) in [6.07, 6.45) is 1.86. The Balaban J connectivity index is 2.12. The highest BCUT2D eigenvalue weighted by Gasteiger charge is 2.31. The SMILES string of the molecule is CC1CCN(S(=O)(=O)Cc2ccc(C(N)=S)cc2)C(C)C1. The van der Waals surface area contributed by atoms with E-state index in [2.05, 4.69) is 6.92 Å². The van der Waals surface area contributed by atoms with Crippen LogP contribution < -0.4 is 5.73 Å². The first-order valence-corrected chi connectivity index (χ1v) is 9.19. The molecule has 1 aromatic rings. The van der Waals surface area contributed by atoms with E-state index in [9.17, 15) is 8.42 Å². The third kappa shape index (κ3) is 4.02. The van der Waals surface area contributed by atoms with Crippen molar-refractivity contribution in [3.05, 3.63) is 35.4 Å². The fraction of sp³-hybridized carbons (Fsp3) is 0.533. The number of thiocarbonyl (C=S) groups is 1. The summed E-state index contributed by atoms with van der Waals surface area (Å²) in [5.41, 5.74) is 7.06. The van der Waals surface area contributed by atoms with Gasteiger partial charge in [-0.25, -0.2) is 8.42 Å². The Morgan fingerprint density at radius 2 is 1.95 bits per heavy atom. The summed E-state index contributed by atoms with van der Waals surface area (Å²) in [4.78, 5) is 0.322. The predicted molar refractivity (Wildman–Crippen MR) is 89.5 cm³/mol. The van der Waals surface area contributed by atoms with Gasteiger partial charge in [0.2, 0.25) is 10.0 Å². The minimum absolute atomic E-state index is 0.0311. The van der Waals surface area contributed by atoms with Crippen molar-refractivity contribution in [2.75, 3.05) is 6.54 Å². The van der Waals surface area contributed by atoms with E-state index in [0.717, 1.165) is 24.0 Å². The van der Waals surface area contributed by atoms with Crippen molar-refractivity contribution in [3.63, 3.8) is 0 Å². The molecule has 0 aliphatic carbocycles. The molecule has 0 radical (unpaired) electrons. The van der Waals surface area contributed by atoms with Gasteiger partial charge in [-0.1, -0.05) is 43.4 Å². The van der Waals surface area contributed by atoms with Crippen LogP contribution in [-0.2, 0) is 15.8 Å². The van der Waals surface area contributed by atoms with Gasteiger partial charge in [-0.05, 0) is 31.2 Å². The Kier molecular flexibility index (Phi) is 5.01. The fourth-order valence-corrected chi connectivity index (χ4v) is 4.79. The van der Waals surface area contributed by atoms with E-state index in [0.29, 0.717) is 17.5 Å². The monoisotopic (exact) mass is 326 g/mol. The molecule has 0 bridgehead atoms. The molecule has 4 nitrogen and oxygen atoms in total. The topological polar surface area (TPSA) is 63.4 Å². The zero-order valence-corrected chi connectivity index (χ0v) is 14.1. The lowest BCUT2D eigenvalue weighted by molar-refractivity contribution is 0.220. The smallest absolute Gasteiger partial charge is 0.218 e. The van der Waals surface area contributed by atoms with Gasteiger partial charge < -0.3 is 5.73 Å². The molecule has 1 aliphatic rings. The number of piperidine rings is 1. The number of rotatable bonds is 4. The molecule has 6 heteroatoms. The van der Waals surface area contributed by atoms with Crippen molar-refractivity contribution < 1.29 is 8.42 Å². The molecule has 2 unspecified atom stereocenters. The molecule has 2 atom stereocenters. The largest absolute Gasteiger partial charge is 0.389 e. The van der Waals surface area contributed by atoms with Crippen molar-refractivity contribution in [3.8, 4) is 0 Å². The van der Waals surface area contributed by atoms with Crippen molar-refractivity contribution in [2.45, 2.75) is 38.5 Å². The van der Waals surface area contributed by atoms with Gasteiger partial charge in [-0.15, -0.1) is 0 Å². The maximum Gasteiger partial charge on any atom is 0.218 e. The van der Waals surface area contributed by atoms with Crippen LogP contribution in [0, 0.1) is 5.92 Å². The molecule has 116 valence electrons. The number of sulfonamides is 1. The van der Waals surface area contributed by atoms with E-state index in [4.69, 9.17) is 18.0 Å². The lowest BCUT2D eigenvalue weighted by Gasteiger charge is -2.35. The van der Waals surface area contributed by atoms with Crippen LogP contribution in [0.5, 0.6) is 0 Å². The molecule has 0 spiro atoms. The first-order valence-electron chi connectivity index (χ1n) is 7.18. The average molecular weight is 326 g/mol. The van der Waals surface area contributed by atoms with Gasteiger partial charge in [0.25, 0.3) is 0 Å². The van der Waals surface area contributed by atoms with Gasteiger partial charge in [-0.3, -0.25) is 0 Å². The van der Waals surface area contributed by atoms with Crippen LogP contribution in [0.2, 0.25) is 0 Å². The van der Waals surface area contributed by atoms with Crippen molar-refractivity contribution >= 4 is 27.2 Å². The summed E-state index contributed by atoms with van der Waals surface area (Å²) in [5.74, 6) is 0.625. The van der Waals surface area contributed by atoms with Gasteiger partial charge in [-0.2, -0.15) is 4.31 Å². The number of hydrogen-bond acceptors (Lipinski definition) is 3. The van der Waals surface area contributed by atoms with E-state index in [1.807, 2.05) is 6.92 Å². The van der Waals surface area contributed by atoms with Crippen LogP contribution in [0.15, 0.2) is 24.3 Å². The summed E-state index contributed by atoms with van der Waals surface area (Å²) >= 11 is 4.90. The summed E-state index contributed by atoms with van der Waals surface area (Å²) in [6.45, 7) is 4.79. The van der Waals surface area contributed by atoms with E-state index >= 15 is 0 Å². The zero-order valence-electron chi connectivity index (χ0n) is 12.5. The summed E-state index contributed by atoms with van der Waals surface area (Å²) < 4.78 is 26.8. The Morgan fingerprint density at radius 1 is 1.33 bits per heavy atom. The molecule has 0 aromatic heterocycles. The highest BCUT2D eigenvalue weighted by atomic mass is 32.2. The third-order valence-electron chi connectivity index (χ3n) is 4.02. The molecular formula is C15H22N2O2S2. The number of benzene rings is 1. The Hall–Kier alpha value is -0.980. The first-order chi connectivity index (χ1) is 9.79. The summed E-state index contributed by atoms with van der Waals surface area (Å²) in [7, 11) is -3.27. The van der Waals surface area contributed by atoms with E-state index < -0.39 is 10.0 Å². The van der Waals surface area contributed by atoms with Crippen LogP contribution >= 0.6 is 12.2 Å². The molecule has 0 amide bonds. The number of hydrogen-bond donors (Lipinski definition) is 1. The van der Waals surface area contributed by atoms with Crippen LogP contribution in [-0.4, -0.2) is 30.3 Å². The maximum absolute atomic E-state index is 12.6. The van der Waals surface area contributed by atoms with Gasteiger partial charge in [0.1, 0.15) is 4.99 Å². The zero-order chi connectivity index (χ0) is 15.6. The minimum Gasteiger partial charge on any atom is -0.389 e. The van der Waals surface area contributed by atoms with Crippen LogP contribution in [0.1, 0.15) is 37.8 Å². The molecule has 2 rings (SSSR count). The van der Waals surface area contributed by atoms with Crippen LogP contribution in [0.25, 0.3) is 0 Å². The highest BCUT2D eigenvalue weighted by molar-refractivity contribution is 7.88. The van der Waals surface area contributed by atoms with Gasteiger partial charge in [0.05, 0.1) is 5.75 Å². The molecule has 1 aliphatic heterocycles. The lowest BCUT2D eigenvalue weighted by atomic mass is 9.95. The second-order valence-corrected chi connectivity index (χ2v) is 8.27. The van der Waals surface area contributed by atoms with Crippen LogP contribution in [0.3, 0.4) is 0 Å². The van der Waals surface area contributed by atoms with Crippen molar-refractivity contribution in [2.24, 2.45) is 11.7 Å². The average Bonchev–Trinajstić information content (AvgIpc) is 2.38. The third-order valence-corrected chi connectivity index (χ3v) is 6.21. The Labute approximate surface area is 132 Å². The molecule has 21 heavy (non-hydrogen) atoms. The number of nitrogens with zero attached hydrogens (tertiary/aromatic N) is 1. The first kappa shape index (κ1) is 16.4. The van der Waals surface area contributed by atoms with Gasteiger partial charge in [0.15, 0.2) is 0 Å². The normalized spacial score (nSPS) is 23.9. The molecule has 1 aromatic carbocycles. The summed E-state index contributed by atoms with van der Waals surface area (Å²) in [5, 5.41) is 0. The molecule has 1 saturated heterocycles. The standard InChI is InChI=1S/C15H22N2O2S2/c1-11-7-8-17(12(2)9-11)21(18,19)10-13-3-5-14(6-4-13)15(16)20/h3-6,11-12H,7-10H2,1-2H3,(H2,16,20). The summed E-state index contributed by atoms with van der Waals surface area (Å²) in [6, 6.07) is 7.19. The predicted octanol–water partition coefficient (Wildman–Crippen LogP) is 2.27. The Morgan fingerprint density at radius 3 is 2.48 bits per heavy atom. The second kappa shape index (κ2) is 6.42. The van der Waals surface area contributed by atoms with Crippen molar-refractivity contribution in [1.82, 2.24) is 4.31 Å². The lowest BCUT2D eigenvalue weighted by Crippen LogP contribution is -2.44. The second-order valence-electron chi connectivity index (χ2n) is 5.91. The van der Waals surface area contributed by atoms with Gasteiger partial charge in [0, 0.05) is 18.2 Å². The molecule has 0 saturated carbocycles. The quantitative estimate of drug-likeness (QED) is 0.862. The molecular weight excluding hydrogens is 304 g/mol. The van der Waals surface area contributed by atoms with Gasteiger partial charge >= 0.3 is 0 Å². The fourth-order valence-electron chi connectivity index (χ4n) is 2.86. The van der Waals surface area contributed by atoms with E-state index in [-0.39, 0.29) is 11.8 Å². The Bertz CT molecular complexity index is 611. The maximum atomic E-state index is 12.6.